The molecule has 0 bridgehead atoms. The van der Waals surface area contributed by atoms with E-state index in [0.29, 0.717) is 36.3 Å². The van der Waals surface area contributed by atoms with E-state index in [2.05, 4.69) is 10.6 Å². The highest BCUT2D eigenvalue weighted by Gasteiger charge is 2.28. The third-order valence-electron chi connectivity index (χ3n) is 6.38. The van der Waals surface area contributed by atoms with Crippen LogP contribution in [0.15, 0.2) is 47.4 Å². The van der Waals surface area contributed by atoms with Gasteiger partial charge in [-0.15, -0.1) is 0 Å². The van der Waals surface area contributed by atoms with Gasteiger partial charge < -0.3 is 20.1 Å². The summed E-state index contributed by atoms with van der Waals surface area (Å²) in [5.41, 5.74) is 1.13. The molecule has 0 atom stereocenters. The second-order valence-corrected chi connectivity index (χ2v) is 8.67. The van der Waals surface area contributed by atoms with Crippen molar-refractivity contribution >= 4 is 22.5 Å². The smallest absolute Gasteiger partial charge is 0.256 e. The Bertz CT molecular complexity index is 1260. The van der Waals surface area contributed by atoms with Crippen LogP contribution in [0.2, 0.25) is 0 Å². The molecule has 33 heavy (non-hydrogen) atoms. The van der Waals surface area contributed by atoms with E-state index in [9.17, 15) is 14.0 Å². The van der Waals surface area contributed by atoms with Crippen molar-refractivity contribution in [3.8, 4) is 0 Å². The van der Waals surface area contributed by atoms with E-state index in [1.165, 1.54) is 12.1 Å². The number of nitrogens with zero attached hydrogens (tertiary/aromatic N) is 2. The highest BCUT2D eigenvalue weighted by molar-refractivity contribution is 5.98. The maximum atomic E-state index is 15.0. The van der Waals surface area contributed by atoms with Crippen LogP contribution in [0, 0.1) is 11.6 Å². The summed E-state index contributed by atoms with van der Waals surface area (Å²) >= 11 is 0. The summed E-state index contributed by atoms with van der Waals surface area (Å²) in [6.45, 7) is 3.13. The first-order valence-electron chi connectivity index (χ1n) is 11.4. The van der Waals surface area contributed by atoms with Gasteiger partial charge in [0, 0.05) is 50.3 Å². The molecule has 0 unspecified atom stereocenters. The van der Waals surface area contributed by atoms with Gasteiger partial charge in [-0.2, -0.15) is 0 Å². The average Bonchev–Trinajstić information content (AvgIpc) is 3.66. The molecule has 5 rings (SSSR count). The number of piperazine rings is 1. The third kappa shape index (κ3) is 4.35. The second kappa shape index (κ2) is 8.94. The molecule has 6 nitrogen and oxygen atoms in total. The van der Waals surface area contributed by atoms with E-state index >= 15 is 4.39 Å². The Morgan fingerprint density at radius 2 is 1.85 bits per heavy atom. The molecule has 0 spiro atoms. The first-order valence-corrected chi connectivity index (χ1v) is 11.4. The van der Waals surface area contributed by atoms with Crippen LogP contribution in [0.5, 0.6) is 0 Å². The monoisotopic (exact) mass is 452 g/mol. The summed E-state index contributed by atoms with van der Waals surface area (Å²) < 4.78 is 30.8. The van der Waals surface area contributed by atoms with Crippen molar-refractivity contribution in [2.75, 3.05) is 37.6 Å². The molecular formula is C25H26F2N4O2. The van der Waals surface area contributed by atoms with E-state index in [4.69, 9.17) is 0 Å². The van der Waals surface area contributed by atoms with Crippen LogP contribution in [-0.4, -0.2) is 43.2 Å². The number of amides is 1. The fourth-order valence-electron chi connectivity index (χ4n) is 4.43. The molecule has 2 fully saturated rings. The molecule has 1 saturated heterocycles. The molecule has 1 amide bonds. The zero-order valence-electron chi connectivity index (χ0n) is 18.2. The van der Waals surface area contributed by atoms with Crippen LogP contribution >= 0.6 is 0 Å². The number of pyridine rings is 1. The molecule has 2 aromatic carbocycles. The highest BCUT2D eigenvalue weighted by atomic mass is 19.1. The van der Waals surface area contributed by atoms with Gasteiger partial charge in [0.2, 0.25) is 5.43 Å². The van der Waals surface area contributed by atoms with Crippen LogP contribution in [-0.2, 0) is 6.42 Å². The van der Waals surface area contributed by atoms with Gasteiger partial charge in [-0.3, -0.25) is 9.59 Å². The highest BCUT2D eigenvalue weighted by Crippen LogP contribution is 2.38. The molecule has 2 N–H and O–H groups in total. The third-order valence-corrected chi connectivity index (χ3v) is 6.38. The zero-order chi connectivity index (χ0) is 22.9. The number of anilines is 1. The Kier molecular flexibility index (Phi) is 5.85. The number of aromatic nitrogens is 1. The SMILES string of the molecule is O=C(NCCc1ccccc1F)c1cn(C2CC2)c2cc(N3CCNCC3)c(F)cc2c1=O. The van der Waals surface area contributed by atoms with E-state index in [0.717, 1.165) is 25.9 Å². The molecular weight excluding hydrogens is 426 g/mol. The lowest BCUT2D eigenvalue weighted by atomic mass is 10.1. The molecule has 1 aromatic heterocycles. The fourth-order valence-corrected chi connectivity index (χ4v) is 4.43. The van der Waals surface area contributed by atoms with Gasteiger partial charge in [0.1, 0.15) is 17.2 Å². The maximum absolute atomic E-state index is 15.0. The van der Waals surface area contributed by atoms with E-state index < -0.39 is 17.2 Å². The van der Waals surface area contributed by atoms with E-state index in [-0.39, 0.29) is 29.4 Å². The van der Waals surface area contributed by atoms with Crippen molar-refractivity contribution in [1.29, 1.82) is 0 Å². The molecule has 1 saturated carbocycles. The predicted molar refractivity (Wildman–Crippen MR) is 124 cm³/mol. The van der Waals surface area contributed by atoms with Crippen molar-refractivity contribution < 1.29 is 13.6 Å². The Morgan fingerprint density at radius 1 is 1.09 bits per heavy atom. The van der Waals surface area contributed by atoms with Gasteiger partial charge >= 0.3 is 0 Å². The Morgan fingerprint density at radius 3 is 2.58 bits per heavy atom. The van der Waals surface area contributed by atoms with Gasteiger partial charge in [0.25, 0.3) is 5.91 Å². The first kappa shape index (κ1) is 21.6. The molecule has 3 aromatic rings. The minimum Gasteiger partial charge on any atom is -0.367 e. The van der Waals surface area contributed by atoms with Crippen LogP contribution < -0.4 is 21.0 Å². The number of fused-ring (bicyclic) bond motifs is 1. The van der Waals surface area contributed by atoms with Gasteiger partial charge in [0.15, 0.2) is 0 Å². The van der Waals surface area contributed by atoms with Crippen LogP contribution in [0.1, 0.15) is 34.8 Å². The maximum Gasteiger partial charge on any atom is 0.256 e. The molecule has 2 heterocycles. The van der Waals surface area contributed by atoms with E-state index in [1.54, 1.807) is 30.5 Å². The lowest BCUT2D eigenvalue weighted by Gasteiger charge is -2.30. The van der Waals surface area contributed by atoms with Crippen molar-refractivity contribution in [3.63, 3.8) is 0 Å². The van der Waals surface area contributed by atoms with Crippen molar-refractivity contribution in [2.45, 2.75) is 25.3 Å². The molecule has 1 aliphatic carbocycles. The Hall–Kier alpha value is -3.26. The average molecular weight is 453 g/mol. The number of carbonyl (C=O) groups excluding carboxylic acids is 1. The number of hydrogen-bond donors (Lipinski definition) is 2. The summed E-state index contributed by atoms with van der Waals surface area (Å²) in [5, 5.41) is 6.18. The van der Waals surface area contributed by atoms with Gasteiger partial charge in [-0.05, 0) is 43.0 Å². The quantitative estimate of drug-likeness (QED) is 0.604. The lowest BCUT2D eigenvalue weighted by Crippen LogP contribution is -2.44. The zero-order valence-corrected chi connectivity index (χ0v) is 18.2. The van der Waals surface area contributed by atoms with Gasteiger partial charge in [-0.1, -0.05) is 18.2 Å². The number of nitrogens with one attached hydrogen (secondary N) is 2. The normalized spacial score (nSPS) is 16.2. The Balaban J connectivity index is 1.45. The van der Waals surface area contributed by atoms with E-state index in [1.807, 2.05) is 9.47 Å². The van der Waals surface area contributed by atoms with Crippen LogP contribution in [0.3, 0.4) is 0 Å². The summed E-state index contributed by atoms with van der Waals surface area (Å²) in [6.07, 6.45) is 3.81. The number of rotatable bonds is 6. The Labute approximate surface area is 190 Å². The van der Waals surface area contributed by atoms with Crippen molar-refractivity contribution in [1.82, 2.24) is 15.2 Å². The lowest BCUT2D eigenvalue weighted by molar-refractivity contribution is 0.0952. The van der Waals surface area contributed by atoms with Crippen molar-refractivity contribution in [3.05, 3.63) is 75.6 Å². The molecule has 2 aliphatic rings. The number of carbonyl (C=O) groups is 1. The molecule has 1 aliphatic heterocycles. The fraction of sp³-hybridized carbons (Fsp3) is 0.360. The minimum absolute atomic E-state index is 0.0164. The summed E-state index contributed by atoms with van der Waals surface area (Å²) in [4.78, 5) is 28.0. The number of benzene rings is 2. The number of hydrogen-bond acceptors (Lipinski definition) is 4. The number of halogens is 2. The largest absolute Gasteiger partial charge is 0.367 e. The topological polar surface area (TPSA) is 66.4 Å². The van der Waals surface area contributed by atoms with Crippen molar-refractivity contribution in [2.24, 2.45) is 0 Å². The summed E-state index contributed by atoms with van der Waals surface area (Å²) in [7, 11) is 0. The van der Waals surface area contributed by atoms with Gasteiger partial charge in [0.05, 0.1) is 11.2 Å². The summed E-state index contributed by atoms with van der Waals surface area (Å²) in [5.74, 6) is -1.32. The first-order chi connectivity index (χ1) is 16.0. The predicted octanol–water partition coefficient (Wildman–Crippen LogP) is 3.00. The minimum atomic E-state index is -0.528. The molecule has 8 heteroatoms. The molecule has 172 valence electrons. The van der Waals surface area contributed by atoms with Gasteiger partial charge in [-0.25, -0.2) is 8.78 Å². The second-order valence-electron chi connectivity index (χ2n) is 8.67. The summed E-state index contributed by atoms with van der Waals surface area (Å²) in [6, 6.07) is 9.59. The standard InChI is InChI=1S/C25H26F2N4O2/c26-20-4-2-1-3-16(20)7-8-29-25(33)19-15-31(17-5-6-17)22-14-23(30-11-9-28-10-12-30)21(27)13-18(22)24(19)32/h1-4,13-15,17,28H,5-12H2,(H,29,33). The van der Waals surface area contributed by atoms with Crippen LogP contribution in [0.25, 0.3) is 10.9 Å². The molecule has 0 radical (unpaired) electrons. The van der Waals surface area contributed by atoms with Crippen LogP contribution in [0.4, 0.5) is 14.5 Å².